The van der Waals surface area contributed by atoms with Gasteiger partial charge in [-0.3, -0.25) is 14.8 Å². The number of para-hydroxylation sites is 1. The Morgan fingerprint density at radius 1 is 0.944 bits per heavy atom. The quantitative estimate of drug-likeness (QED) is 0.382. The van der Waals surface area contributed by atoms with Gasteiger partial charge in [0.15, 0.2) is 5.65 Å². The number of carbonyl (C=O) groups excluding carboxylic acids is 1. The van der Waals surface area contributed by atoms with Crippen molar-refractivity contribution in [3.63, 3.8) is 0 Å². The molecule has 174 valence electrons. The van der Waals surface area contributed by atoms with Gasteiger partial charge < -0.3 is 5.32 Å². The third-order valence-electron chi connectivity index (χ3n) is 5.84. The number of fused-ring (bicyclic) bond motifs is 2. The van der Waals surface area contributed by atoms with Crippen LogP contribution in [0.1, 0.15) is 15.9 Å². The number of halogens is 1. The van der Waals surface area contributed by atoms with Gasteiger partial charge in [-0.05, 0) is 48.0 Å². The van der Waals surface area contributed by atoms with Crippen LogP contribution in [-0.2, 0) is 6.54 Å². The number of benzene rings is 2. The first kappa shape index (κ1) is 21.5. The minimum atomic E-state index is -0.644. The number of carbonyl (C=O) groups is 1. The number of nitrogens with zero attached hydrogens (tertiary/aromatic N) is 6. The van der Waals surface area contributed by atoms with Crippen molar-refractivity contribution in [2.45, 2.75) is 6.54 Å². The second-order valence-corrected chi connectivity index (χ2v) is 8.16. The lowest BCUT2D eigenvalue weighted by atomic mass is 10.1. The van der Waals surface area contributed by atoms with Gasteiger partial charge in [-0.1, -0.05) is 35.5 Å². The molecule has 6 aromatic rings. The summed E-state index contributed by atoms with van der Waals surface area (Å²) in [5, 5.41) is 12.2. The molecule has 9 heteroatoms. The maximum Gasteiger partial charge on any atom is 0.258 e. The molecule has 0 saturated carbocycles. The fraction of sp³-hybridized carbons (Fsp3) is 0.0370. The van der Waals surface area contributed by atoms with E-state index in [9.17, 15) is 9.18 Å². The molecule has 0 atom stereocenters. The van der Waals surface area contributed by atoms with E-state index in [2.05, 4.69) is 25.6 Å². The minimum Gasteiger partial charge on any atom is -0.322 e. The van der Waals surface area contributed by atoms with Crippen molar-refractivity contribution >= 4 is 33.7 Å². The van der Waals surface area contributed by atoms with Gasteiger partial charge in [0.1, 0.15) is 11.3 Å². The zero-order valence-electron chi connectivity index (χ0n) is 18.8. The number of amides is 1. The molecule has 0 unspecified atom stereocenters. The Hall–Kier alpha value is -5.05. The predicted octanol–water partition coefficient (Wildman–Crippen LogP) is 4.88. The van der Waals surface area contributed by atoms with Crippen LogP contribution in [0.3, 0.4) is 0 Å². The molecule has 0 bridgehead atoms. The first-order valence-corrected chi connectivity index (χ1v) is 11.2. The fourth-order valence-electron chi connectivity index (χ4n) is 4.07. The Morgan fingerprint density at radius 3 is 2.67 bits per heavy atom. The summed E-state index contributed by atoms with van der Waals surface area (Å²) < 4.78 is 16.6. The number of anilines is 1. The van der Waals surface area contributed by atoms with Crippen LogP contribution >= 0.6 is 0 Å². The largest absolute Gasteiger partial charge is 0.322 e. The molecule has 1 N–H and O–H groups in total. The maximum absolute atomic E-state index is 14.9. The highest BCUT2D eigenvalue weighted by atomic mass is 19.1. The van der Waals surface area contributed by atoms with Gasteiger partial charge in [-0.25, -0.2) is 14.1 Å². The summed E-state index contributed by atoms with van der Waals surface area (Å²) in [6, 6.07) is 21.1. The zero-order valence-corrected chi connectivity index (χ0v) is 18.8. The average molecular weight is 475 g/mol. The van der Waals surface area contributed by atoms with E-state index in [1.807, 2.05) is 30.3 Å². The van der Waals surface area contributed by atoms with Crippen LogP contribution in [0, 0.1) is 5.82 Å². The number of rotatable bonds is 5. The molecule has 1 amide bonds. The van der Waals surface area contributed by atoms with E-state index in [1.54, 1.807) is 53.6 Å². The summed E-state index contributed by atoms with van der Waals surface area (Å²) in [6.45, 7) is 0.434. The van der Waals surface area contributed by atoms with Crippen LogP contribution < -0.4 is 5.32 Å². The first-order chi connectivity index (χ1) is 17.7. The van der Waals surface area contributed by atoms with Crippen LogP contribution in [0.15, 0.2) is 91.4 Å². The number of hydrogen-bond donors (Lipinski definition) is 1. The van der Waals surface area contributed by atoms with Gasteiger partial charge in [-0.15, -0.1) is 5.10 Å². The number of pyridine rings is 3. The third kappa shape index (κ3) is 4.03. The molecule has 0 aliphatic rings. The van der Waals surface area contributed by atoms with Crippen LogP contribution in [0.25, 0.3) is 33.3 Å². The second kappa shape index (κ2) is 8.95. The molecule has 2 aromatic carbocycles. The van der Waals surface area contributed by atoms with E-state index in [0.29, 0.717) is 34.7 Å². The van der Waals surface area contributed by atoms with Crippen molar-refractivity contribution in [1.82, 2.24) is 29.9 Å². The average Bonchev–Trinajstić information content (AvgIpc) is 3.31. The summed E-state index contributed by atoms with van der Waals surface area (Å²) in [7, 11) is 0. The lowest BCUT2D eigenvalue weighted by molar-refractivity contribution is 0.102. The molecule has 0 spiro atoms. The highest BCUT2D eigenvalue weighted by Crippen LogP contribution is 2.24. The van der Waals surface area contributed by atoms with Gasteiger partial charge in [0.05, 0.1) is 23.3 Å². The molecule has 36 heavy (non-hydrogen) atoms. The van der Waals surface area contributed by atoms with Gasteiger partial charge in [0.2, 0.25) is 0 Å². The minimum absolute atomic E-state index is 0.0631. The van der Waals surface area contributed by atoms with Crippen molar-refractivity contribution in [2.75, 3.05) is 5.32 Å². The van der Waals surface area contributed by atoms with Gasteiger partial charge in [-0.2, -0.15) is 0 Å². The van der Waals surface area contributed by atoms with E-state index in [4.69, 9.17) is 4.98 Å². The normalized spacial score (nSPS) is 11.1. The van der Waals surface area contributed by atoms with Crippen molar-refractivity contribution in [3.8, 4) is 11.3 Å². The summed E-state index contributed by atoms with van der Waals surface area (Å²) in [4.78, 5) is 25.6. The molecule has 4 aromatic heterocycles. The second-order valence-electron chi connectivity index (χ2n) is 8.16. The highest BCUT2D eigenvalue weighted by molar-refractivity contribution is 6.04. The summed E-state index contributed by atoms with van der Waals surface area (Å²) in [6.07, 6.45) is 4.86. The fourth-order valence-corrected chi connectivity index (χ4v) is 4.07. The molecule has 0 saturated heterocycles. The summed E-state index contributed by atoms with van der Waals surface area (Å²) >= 11 is 0. The van der Waals surface area contributed by atoms with Gasteiger partial charge in [0, 0.05) is 35.2 Å². The first-order valence-electron chi connectivity index (χ1n) is 11.2. The Bertz CT molecular complexity index is 1730. The number of hydrogen-bond acceptors (Lipinski definition) is 6. The molecule has 0 aliphatic heterocycles. The molecular formula is C27H18FN7O. The highest BCUT2D eigenvalue weighted by Gasteiger charge is 2.15. The van der Waals surface area contributed by atoms with Gasteiger partial charge >= 0.3 is 0 Å². The molecule has 6 rings (SSSR count). The topological polar surface area (TPSA) is 98.5 Å². The SMILES string of the molecule is O=C(Nc1ccncc1)c1ccc(-c2ccc3nnn(Cc4cccc5cccnc45)c3n2)cc1F. The molecule has 4 heterocycles. The smallest absolute Gasteiger partial charge is 0.258 e. The molecule has 8 nitrogen and oxygen atoms in total. The standard InChI is InChI=1S/C27H18FN7O/c28-22-15-18(6-7-21(22)27(36)31-20-10-13-29-14-11-20)23-8-9-24-26(32-23)35(34-33-24)16-19-4-1-3-17-5-2-12-30-25(17)19/h1-15H,16H2,(H,29,31,36). The molecule has 0 aliphatic carbocycles. The van der Waals surface area contributed by atoms with Crippen LogP contribution in [0.2, 0.25) is 0 Å². The Labute approximate surface area is 204 Å². The van der Waals surface area contributed by atoms with Crippen LogP contribution in [-0.4, -0.2) is 35.9 Å². The monoisotopic (exact) mass is 475 g/mol. The van der Waals surface area contributed by atoms with E-state index in [1.165, 1.54) is 12.1 Å². The number of aromatic nitrogens is 6. The van der Waals surface area contributed by atoms with Crippen molar-refractivity contribution < 1.29 is 9.18 Å². The van der Waals surface area contributed by atoms with Crippen LogP contribution in [0.5, 0.6) is 0 Å². The van der Waals surface area contributed by atoms with Gasteiger partial charge in [0.25, 0.3) is 5.91 Å². The van der Waals surface area contributed by atoms with E-state index in [-0.39, 0.29) is 5.56 Å². The molecule has 0 radical (unpaired) electrons. The van der Waals surface area contributed by atoms with Crippen molar-refractivity contribution in [2.24, 2.45) is 0 Å². The van der Waals surface area contributed by atoms with Crippen LogP contribution in [0.4, 0.5) is 10.1 Å². The molecular weight excluding hydrogens is 457 g/mol. The van der Waals surface area contributed by atoms with E-state index in [0.717, 1.165) is 16.5 Å². The summed E-state index contributed by atoms with van der Waals surface area (Å²) in [5.41, 5.74) is 4.63. The van der Waals surface area contributed by atoms with Crippen molar-refractivity contribution in [1.29, 1.82) is 0 Å². The summed E-state index contributed by atoms with van der Waals surface area (Å²) in [5.74, 6) is -1.19. The van der Waals surface area contributed by atoms with E-state index >= 15 is 0 Å². The Balaban J connectivity index is 1.31. The number of nitrogens with one attached hydrogen (secondary N) is 1. The maximum atomic E-state index is 14.9. The molecule has 0 fully saturated rings. The van der Waals surface area contributed by atoms with E-state index < -0.39 is 11.7 Å². The lowest BCUT2D eigenvalue weighted by Crippen LogP contribution is -2.13. The zero-order chi connectivity index (χ0) is 24.5. The Kier molecular flexibility index (Phi) is 5.34. The Morgan fingerprint density at radius 2 is 1.81 bits per heavy atom. The van der Waals surface area contributed by atoms with Crippen molar-refractivity contribution in [3.05, 3.63) is 108 Å². The lowest BCUT2D eigenvalue weighted by Gasteiger charge is -2.08. The third-order valence-corrected chi connectivity index (χ3v) is 5.84. The predicted molar refractivity (Wildman–Crippen MR) is 134 cm³/mol.